The van der Waals surface area contributed by atoms with E-state index in [9.17, 15) is 9.46 Å². The fourth-order valence-electron chi connectivity index (χ4n) is 0.166. The summed E-state index contributed by atoms with van der Waals surface area (Å²) in [7, 11) is -2.61. The maximum atomic E-state index is 9.57. The zero-order valence-corrected chi connectivity index (χ0v) is 6.22. The van der Waals surface area contributed by atoms with E-state index in [4.69, 9.17) is 0 Å². The largest absolute Gasteiger partial charge is 1.00 e. The molecule has 0 radical (unpaired) electrons. The summed E-state index contributed by atoms with van der Waals surface area (Å²) in [4.78, 5) is 9.57. The van der Waals surface area contributed by atoms with E-state index in [2.05, 4.69) is 4.52 Å². The van der Waals surface area contributed by atoms with E-state index >= 15 is 0 Å². The maximum absolute atomic E-state index is 9.57. The zero-order valence-electron chi connectivity index (χ0n) is 4.39. The van der Waals surface area contributed by atoms with Crippen molar-refractivity contribution in [2.45, 2.75) is 13.3 Å². The van der Waals surface area contributed by atoms with Crippen LogP contribution in [-0.2, 0) is 26.2 Å². The predicted molar refractivity (Wildman–Crippen MR) is 23.8 cm³/mol. The number of rotatable bonds is 3. The van der Waals surface area contributed by atoms with Crippen molar-refractivity contribution in [2.75, 3.05) is 6.61 Å². The fraction of sp³-hybridized carbons (Fsp3) is 1.00. The summed E-state index contributed by atoms with van der Waals surface area (Å²) in [5, 5.41) is 0. The molecule has 0 heterocycles. The topological polar surface area (TPSA) is 49.4 Å². The third kappa shape index (κ3) is 9.74. The second-order valence-corrected chi connectivity index (χ2v) is 1.76. The fourth-order valence-corrected chi connectivity index (χ4v) is 0.497. The van der Waals surface area contributed by atoms with Crippen LogP contribution in [0.2, 0.25) is 0 Å². The molecular weight excluding hydrogens is 179 g/mol. The van der Waals surface area contributed by atoms with Crippen LogP contribution in [0.25, 0.3) is 0 Å². The Balaban J connectivity index is 0. The van der Waals surface area contributed by atoms with E-state index in [-0.39, 0.29) is 17.1 Å². The number of hydrogen-bond donors (Lipinski definition) is 0. The molecule has 0 fully saturated rings. The Morgan fingerprint density at radius 1 is 1.75 bits per heavy atom. The van der Waals surface area contributed by atoms with Gasteiger partial charge in [0.2, 0.25) is 0 Å². The van der Waals surface area contributed by atoms with Gasteiger partial charge in [-0.1, -0.05) is 6.92 Å². The summed E-state index contributed by atoms with van der Waals surface area (Å²) < 4.78 is 13.7. The van der Waals surface area contributed by atoms with Crippen LogP contribution >= 0.6 is 8.25 Å². The average molecular weight is 186 g/mol. The zero-order chi connectivity index (χ0) is 5.70. The molecule has 5 heteroatoms. The van der Waals surface area contributed by atoms with E-state index in [1.807, 2.05) is 6.92 Å². The molecule has 0 amide bonds. The molecule has 8 heavy (non-hydrogen) atoms. The molecule has 0 N–H and O–H groups in total. The SMILES string of the molecule is CCCO[P+](=O)[O-].[Cu+]. The van der Waals surface area contributed by atoms with Crippen LogP contribution in [0.3, 0.4) is 0 Å². The molecule has 0 saturated carbocycles. The second kappa shape index (κ2) is 7.54. The molecule has 0 bridgehead atoms. The molecule has 0 aromatic rings. The summed E-state index contributed by atoms with van der Waals surface area (Å²) in [5.41, 5.74) is 0. The van der Waals surface area contributed by atoms with Crippen LogP contribution in [-0.4, -0.2) is 6.61 Å². The van der Waals surface area contributed by atoms with Crippen LogP contribution < -0.4 is 4.89 Å². The van der Waals surface area contributed by atoms with E-state index in [1.54, 1.807) is 0 Å². The second-order valence-electron chi connectivity index (χ2n) is 1.06. The van der Waals surface area contributed by atoms with Gasteiger partial charge in [0.05, 0.1) is 0 Å². The molecule has 1 unspecified atom stereocenters. The molecule has 0 aromatic heterocycles. The van der Waals surface area contributed by atoms with Gasteiger partial charge in [0.1, 0.15) is 6.61 Å². The van der Waals surface area contributed by atoms with E-state index in [0.29, 0.717) is 6.61 Å². The molecule has 0 saturated heterocycles. The minimum Gasteiger partial charge on any atom is -0.566 e. The number of hydrogen-bond acceptors (Lipinski definition) is 3. The molecular formula is C3H7CuO3P+. The Morgan fingerprint density at radius 2 is 2.25 bits per heavy atom. The molecule has 0 aliphatic heterocycles. The molecule has 52 valence electrons. The van der Waals surface area contributed by atoms with Crippen LogP contribution in [0.1, 0.15) is 13.3 Å². The van der Waals surface area contributed by atoms with Crippen molar-refractivity contribution in [3.05, 3.63) is 0 Å². The first kappa shape index (κ1) is 11.4. The molecule has 0 rings (SSSR count). The van der Waals surface area contributed by atoms with Crippen LogP contribution in [0.15, 0.2) is 0 Å². The third-order valence-electron chi connectivity index (χ3n) is 0.401. The van der Waals surface area contributed by atoms with E-state index in [1.165, 1.54) is 0 Å². The van der Waals surface area contributed by atoms with Crippen molar-refractivity contribution in [3.63, 3.8) is 0 Å². The minimum atomic E-state index is -2.61. The quantitative estimate of drug-likeness (QED) is 0.473. The summed E-state index contributed by atoms with van der Waals surface area (Å²) >= 11 is 0. The van der Waals surface area contributed by atoms with Crippen molar-refractivity contribution in [1.82, 2.24) is 0 Å². The van der Waals surface area contributed by atoms with Crippen LogP contribution in [0.4, 0.5) is 0 Å². The molecule has 1 atom stereocenters. The third-order valence-corrected chi connectivity index (χ3v) is 0.794. The normalized spacial score (nSPS) is 10.0. The van der Waals surface area contributed by atoms with Gasteiger partial charge in [-0.25, -0.2) is 0 Å². The van der Waals surface area contributed by atoms with Crippen LogP contribution in [0.5, 0.6) is 0 Å². The Bertz CT molecular complexity index is 67.5. The van der Waals surface area contributed by atoms with E-state index in [0.717, 1.165) is 6.42 Å². The molecule has 0 aromatic carbocycles. The summed E-state index contributed by atoms with van der Waals surface area (Å²) in [6.07, 6.45) is 0.739. The van der Waals surface area contributed by atoms with Crippen molar-refractivity contribution >= 4 is 8.25 Å². The summed E-state index contributed by atoms with van der Waals surface area (Å²) in [6.45, 7) is 2.15. The van der Waals surface area contributed by atoms with Crippen LogP contribution in [0, 0.1) is 0 Å². The first-order chi connectivity index (χ1) is 3.27. The Kier molecular flexibility index (Phi) is 10.7. The minimum absolute atomic E-state index is 0. The van der Waals surface area contributed by atoms with Crippen molar-refractivity contribution in [1.29, 1.82) is 0 Å². The summed E-state index contributed by atoms with van der Waals surface area (Å²) in [5.74, 6) is 0. The first-order valence-corrected chi connectivity index (χ1v) is 3.14. The summed E-state index contributed by atoms with van der Waals surface area (Å²) in [6, 6.07) is 0. The van der Waals surface area contributed by atoms with Gasteiger partial charge >= 0.3 is 25.3 Å². The van der Waals surface area contributed by atoms with Gasteiger partial charge in [-0.05, 0) is 11.0 Å². The standard InChI is InChI=1S/C3H7O3P.Cu/c1-2-3-6-7(4)5;/h2-3H2,1H3;/q;+1. The van der Waals surface area contributed by atoms with Gasteiger partial charge in [-0.3, -0.25) is 0 Å². The van der Waals surface area contributed by atoms with Crippen molar-refractivity contribution < 1.29 is 31.1 Å². The monoisotopic (exact) mass is 185 g/mol. The smallest absolute Gasteiger partial charge is 0.566 e. The Labute approximate surface area is 59.9 Å². The van der Waals surface area contributed by atoms with Crippen molar-refractivity contribution in [2.24, 2.45) is 0 Å². The predicted octanol–water partition coefficient (Wildman–Crippen LogP) is 0.428. The van der Waals surface area contributed by atoms with Gasteiger partial charge in [-0.15, -0.1) is 4.52 Å². The van der Waals surface area contributed by atoms with Gasteiger partial charge in [0.25, 0.3) is 0 Å². The van der Waals surface area contributed by atoms with Gasteiger partial charge in [0.15, 0.2) is 0 Å². The molecule has 0 aliphatic carbocycles. The molecule has 0 spiro atoms. The Morgan fingerprint density at radius 3 is 2.38 bits per heavy atom. The Hall–Kier alpha value is 0.539. The molecule has 0 aliphatic rings. The van der Waals surface area contributed by atoms with Gasteiger partial charge in [0, 0.05) is 0 Å². The maximum Gasteiger partial charge on any atom is 1.00 e. The van der Waals surface area contributed by atoms with Gasteiger partial charge in [-0.2, -0.15) is 0 Å². The van der Waals surface area contributed by atoms with E-state index < -0.39 is 8.25 Å². The first-order valence-electron chi connectivity index (χ1n) is 2.04. The van der Waals surface area contributed by atoms with Crippen molar-refractivity contribution in [3.8, 4) is 0 Å². The molecule has 3 nitrogen and oxygen atoms in total. The average Bonchev–Trinajstić information content (AvgIpc) is 1.61. The van der Waals surface area contributed by atoms with Gasteiger partial charge < -0.3 is 4.89 Å².